The van der Waals surface area contributed by atoms with E-state index in [0.717, 1.165) is 70.9 Å². The maximum Gasteiger partial charge on any atom is 0.191 e. The van der Waals surface area contributed by atoms with Crippen LogP contribution >= 0.6 is 0 Å². The number of benzene rings is 1. The van der Waals surface area contributed by atoms with Gasteiger partial charge in [-0.1, -0.05) is 18.2 Å². The van der Waals surface area contributed by atoms with Crippen molar-refractivity contribution in [3.63, 3.8) is 0 Å². The van der Waals surface area contributed by atoms with Crippen molar-refractivity contribution < 1.29 is 5.11 Å². The molecule has 1 aromatic heterocycles. The van der Waals surface area contributed by atoms with Gasteiger partial charge in [-0.15, -0.1) is 0 Å². The number of H-pyrrole nitrogens is 1. The molecule has 0 spiro atoms. The number of para-hydroxylation sites is 1. The Morgan fingerprint density at radius 1 is 1.25 bits per heavy atom. The van der Waals surface area contributed by atoms with Gasteiger partial charge < -0.3 is 25.6 Å². The van der Waals surface area contributed by atoms with Crippen LogP contribution in [0, 0.1) is 6.92 Å². The predicted molar refractivity (Wildman–Crippen MR) is 117 cm³/mol. The highest BCUT2D eigenvalue weighted by atomic mass is 16.3. The fraction of sp³-hybridized carbons (Fsp3) is 0.591. The highest BCUT2D eigenvalue weighted by molar-refractivity contribution is 5.84. The van der Waals surface area contributed by atoms with Gasteiger partial charge in [-0.25, -0.2) is 0 Å². The Hall–Kier alpha value is -2.05. The number of nitrogens with zero attached hydrogens (tertiary/aromatic N) is 2. The van der Waals surface area contributed by atoms with Crippen LogP contribution in [0.2, 0.25) is 0 Å². The molecule has 1 aliphatic heterocycles. The molecule has 2 aromatic rings. The lowest BCUT2D eigenvalue weighted by molar-refractivity contribution is 0.0824. The molecule has 4 N–H and O–H groups in total. The number of fused-ring (bicyclic) bond motifs is 1. The number of aliphatic hydroxyl groups excluding tert-OH is 1. The van der Waals surface area contributed by atoms with Gasteiger partial charge in [-0.3, -0.25) is 4.99 Å². The minimum absolute atomic E-state index is 0.0976. The summed E-state index contributed by atoms with van der Waals surface area (Å²) < 4.78 is 0. The molecule has 0 saturated carbocycles. The van der Waals surface area contributed by atoms with Crippen molar-refractivity contribution in [1.29, 1.82) is 0 Å². The molecule has 28 heavy (non-hydrogen) atoms. The van der Waals surface area contributed by atoms with Gasteiger partial charge in [0.2, 0.25) is 0 Å². The third-order valence-corrected chi connectivity index (χ3v) is 5.50. The number of likely N-dealkylation sites (tertiary alicyclic amines) is 1. The van der Waals surface area contributed by atoms with Gasteiger partial charge in [0, 0.05) is 49.3 Å². The highest BCUT2D eigenvalue weighted by Crippen LogP contribution is 2.21. The van der Waals surface area contributed by atoms with E-state index in [-0.39, 0.29) is 6.10 Å². The van der Waals surface area contributed by atoms with Gasteiger partial charge in [0.1, 0.15) is 0 Å². The zero-order chi connectivity index (χ0) is 19.8. The van der Waals surface area contributed by atoms with Gasteiger partial charge in [-0.05, 0) is 57.7 Å². The van der Waals surface area contributed by atoms with E-state index < -0.39 is 0 Å². The number of aliphatic hydroxyl groups is 1. The highest BCUT2D eigenvalue weighted by Gasteiger charge is 2.16. The SMILES string of the molecule is CCNC(=NCCCN1CCC(O)CC1)NCCc1c(C)[nH]c2ccccc12. The predicted octanol–water partition coefficient (Wildman–Crippen LogP) is 2.42. The smallest absolute Gasteiger partial charge is 0.191 e. The monoisotopic (exact) mass is 385 g/mol. The Morgan fingerprint density at radius 2 is 2.04 bits per heavy atom. The second-order valence-corrected chi connectivity index (χ2v) is 7.64. The van der Waals surface area contributed by atoms with Crippen molar-refractivity contribution in [2.75, 3.05) is 39.3 Å². The van der Waals surface area contributed by atoms with Crippen molar-refractivity contribution in [3.8, 4) is 0 Å². The first-order valence-corrected chi connectivity index (χ1v) is 10.7. The average molecular weight is 386 g/mol. The van der Waals surface area contributed by atoms with E-state index in [9.17, 15) is 5.11 Å². The number of hydrogen-bond acceptors (Lipinski definition) is 3. The van der Waals surface area contributed by atoms with Gasteiger partial charge in [-0.2, -0.15) is 0 Å². The number of aryl methyl sites for hydroxylation is 1. The number of aromatic nitrogens is 1. The lowest BCUT2D eigenvalue weighted by Crippen LogP contribution is -2.39. The first-order valence-electron chi connectivity index (χ1n) is 10.7. The van der Waals surface area contributed by atoms with Crippen LogP contribution in [0.1, 0.15) is 37.4 Å². The molecule has 6 heteroatoms. The average Bonchev–Trinajstić information content (AvgIpc) is 3.02. The zero-order valence-electron chi connectivity index (χ0n) is 17.3. The summed E-state index contributed by atoms with van der Waals surface area (Å²) in [6.45, 7) is 9.86. The summed E-state index contributed by atoms with van der Waals surface area (Å²) >= 11 is 0. The van der Waals surface area contributed by atoms with Gasteiger partial charge in [0.25, 0.3) is 0 Å². The molecule has 1 aliphatic rings. The summed E-state index contributed by atoms with van der Waals surface area (Å²) in [7, 11) is 0. The Morgan fingerprint density at radius 3 is 2.82 bits per heavy atom. The normalized spacial score (nSPS) is 16.6. The first-order chi connectivity index (χ1) is 13.7. The first kappa shape index (κ1) is 20.7. The number of aromatic amines is 1. The Balaban J connectivity index is 1.44. The van der Waals surface area contributed by atoms with Crippen LogP contribution in [-0.2, 0) is 6.42 Å². The van der Waals surface area contributed by atoms with E-state index in [2.05, 4.69) is 58.6 Å². The van der Waals surface area contributed by atoms with E-state index in [1.165, 1.54) is 22.2 Å². The molecule has 0 aliphatic carbocycles. The molecule has 0 amide bonds. The fourth-order valence-corrected chi connectivity index (χ4v) is 3.93. The largest absolute Gasteiger partial charge is 0.393 e. The van der Waals surface area contributed by atoms with Crippen molar-refractivity contribution in [1.82, 2.24) is 20.5 Å². The van der Waals surface area contributed by atoms with Crippen LogP contribution in [0.3, 0.4) is 0 Å². The number of nitrogens with one attached hydrogen (secondary N) is 3. The maximum absolute atomic E-state index is 9.59. The van der Waals surface area contributed by atoms with E-state index in [1.807, 2.05) is 0 Å². The lowest BCUT2D eigenvalue weighted by Gasteiger charge is -2.29. The third kappa shape index (κ3) is 5.72. The molecule has 1 saturated heterocycles. The Bertz CT molecular complexity index is 761. The van der Waals surface area contributed by atoms with Crippen LogP contribution in [0.5, 0.6) is 0 Å². The third-order valence-electron chi connectivity index (χ3n) is 5.50. The van der Waals surface area contributed by atoms with Crippen LogP contribution in [0.15, 0.2) is 29.3 Å². The summed E-state index contributed by atoms with van der Waals surface area (Å²) in [4.78, 5) is 10.6. The maximum atomic E-state index is 9.59. The molecule has 1 fully saturated rings. The molecule has 0 bridgehead atoms. The zero-order valence-corrected chi connectivity index (χ0v) is 17.3. The summed E-state index contributed by atoms with van der Waals surface area (Å²) in [6, 6.07) is 8.49. The molecule has 2 heterocycles. The van der Waals surface area contributed by atoms with Crippen molar-refractivity contribution >= 4 is 16.9 Å². The van der Waals surface area contributed by atoms with Crippen LogP contribution in [0.4, 0.5) is 0 Å². The molecule has 1 aromatic carbocycles. The molecule has 0 unspecified atom stereocenters. The van der Waals surface area contributed by atoms with E-state index in [1.54, 1.807) is 0 Å². The number of rotatable bonds is 8. The quantitative estimate of drug-likeness (QED) is 0.320. The van der Waals surface area contributed by atoms with Crippen LogP contribution in [-0.4, -0.2) is 66.3 Å². The standard InChI is InChI=1S/C22H35N5O/c1-3-23-22(24-12-6-14-27-15-10-18(28)11-16-27)25-13-9-19-17(2)26-21-8-5-4-7-20(19)21/h4-5,7-8,18,26,28H,3,6,9-16H2,1-2H3,(H2,23,24,25). The molecule has 6 nitrogen and oxygen atoms in total. The molecule has 154 valence electrons. The number of hydrogen-bond donors (Lipinski definition) is 4. The topological polar surface area (TPSA) is 75.7 Å². The minimum Gasteiger partial charge on any atom is -0.393 e. The van der Waals surface area contributed by atoms with E-state index in [4.69, 9.17) is 4.99 Å². The number of piperidine rings is 1. The summed E-state index contributed by atoms with van der Waals surface area (Å²) in [5.74, 6) is 0.897. The van der Waals surface area contributed by atoms with Crippen molar-refractivity contribution in [2.45, 2.75) is 45.6 Å². The van der Waals surface area contributed by atoms with Gasteiger partial charge in [0.15, 0.2) is 5.96 Å². The number of guanidine groups is 1. The minimum atomic E-state index is -0.0976. The van der Waals surface area contributed by atoms with Crippen molar-refractivity contribution in [3.05, 3.63) is 35.5 Å². The Labute approximate surface area is 168 Å². The summed E-state index contributed by atoms with van der Waals surface area (Å²) in [5, 5.41) is 17.7. The second kappa shape index (κ2) is 10.5. The van der Waals surface area contributed by atoms with Gasteiger partial charge in [0.05, 0.1) is 6.10 Å². The fourth-order valence-electron chi connectivity index (χ4n) is 3.93. The summed E-state index contributed by atoms with van der Waals surface area (Å²) in [5.41, 5.74) is 3.84. The van der Waals surface area contributed by atoms with Crippen molar-refractivity contribution in [2.24, 2.45) is 4.99 Å². The lowest BCUT2D eigenvalue weighted by atomic mass is 10.1. The Kier molecular flexibility index (Phi) is 7.74. The van der Waals surface area contributed by atoms with E-state index in [0.29, 0.717) is 0 Å². The molecule has 3 rings (SSSR count). The molecule has 0 atom stereocenters. The van der Waals surface area contributed by atoms with Gasteiger partial charge >= 0.3 is 0 Å². The van der Waals surface area contributed by atoms with Crippen LogP contribution < -0.4 is 10.6 Å². The summed E-state index contributed by atoms with van der Waals surface area (Å²) in [6.07, 6.45) is 3.73. The molecular weight excluding hydrogens is 350 g/mol. The molecular formula is C22H35N5O. The molecule has 0 radical (unpaired) electrons. The van der Waals surface area contributed by atoms with Crippen LogP contribution in [0.25, 0.3) is 10.9 Å². The number of aliphatic imine (C=N–C) groups is 1. The second-order valence-electron chi connectivity index (χ2n) is 7.64. The van der Waals surface area contributed by atoms with E-state index >= 15 is 0 Å².